The number of rotatable bonds is 6. The molecule has 1 atom stereocenters. The van der Waals surface area contributed by atoms with E-state index in [1.54, 1.807) is 31.6 Å². The van der Waals surface area contributed by atoms with Crippen molar-refractivity contribution < 1.29 is 9.90 Å². The molecule has 0 aliphatic carbocycles. The second-order valence-electron chi connectivity index (χ2n) is 6.16. The normalized spacial score (nSPS) is 11.8. The highest BCUT2D eigenvalue weighted by molar-refractivity contribution is 5.93. The number of carbonyl (C=O) groups excluding carboxylic acids is 1. The lowest BCUT2D eigenvalue weighted by molar-refractivity contribution is 0.0759. The van der Waals surface area contributed by atoms with Gasteiger partial charge in [-0.1, -0.05) is 30.3 Å². The molecule has 7 heteroatoms. The highest BCUT2D eigenvalue weighted by atomic mass is 16.3. The molecule has 0 fully saturated rings. The highest BCUT2D eigenvalue weighted by Gasteiger charge is 2.18. The second kappa shape index (κ2) is 8.37. The van der Waals surface area contributed by atoms with Gasteiger partial charge in [0.05, 0.1) is 6.10 Å². The average Bonchev–Trinajstić information content (AvgIpc) is 2.72. The van der Waals surface area contributed by atoms with E-state index < -0.39 is 17.6 Å². The minimum atomic E-state index is -0.675. The monoisotopic (exact) mass is 364 g/mol. The summed E-state index contributed by atoms with van der Waals surface area (Å²) >= 11 is 0. The van der Waals surface area contributed by atoms with Crippen molar-refractivity contribution in [2.45, 2.75) is 12.5 Å². The van der Waals surface area contributed by atoms with Gasteiger partial charge in [-0.25, -0.2) is 4.98 Å². The van der Waals surface area contributed by atoms with Crippen LogP contribution in [0.5, 0.6) is 0 Å². The van der Waals surface area contributed by atoms with Crippen LogP contribution in [0.15, 0.2) is 65.8 Å². The van der Waals surface area contributed by atoms with E-state index >= 15 is 0 Å². The average molecular weight is 364 g/mol. The quantitative estimate of drug-likeness (QED) is 0.697. The first-order chi connectivity index (χ1) is 13.1. The van der Waals surface area contributed by atoms with Gasteiger partial charge in [0, 0.05) is 37.7 Å². The van der Waals surface area contributed by atoms with Crippen LogP contribution in [0.25, 0.3) is 11.4 Å². The van der Waals surface area contributed by atoms with E-state index in [2.05, 4.69) is 15.0 Å². The number of benzene rings is 1. The van der Waals surface area contributed by atoms with Crippen molar-refractivity contribution in [1.82, 2.24) is 19.9 Å². The van der Waals surface area contributed by atoms with Crippen LogP contribution in [0.1, 0.15) is 28.4 Å². The number of aliphatic hydroxyl groups excluding tert-OH is 1. The van der Waals surface area contributed by atoms with E-state index in [0.717, 1.165) is 5.56 Å². The topological polar surface area (TPSA) is 99.2 Å². The molecule has 2 N–H and O–H groups in total. The fourth-order valence-corrected chi connectivity index (χ4v) is 2.66. The van der Waals surface area contributed by atoms with Crippen molar-refractivity contribution in [1.29, 1.82) is 0 Å². The first-order valence-corrected chi connectivity index (χ1v) is 8.54. The van der Waals surface area contributed by atoms with Gasteiger partial charge in [0.15, 0.2) is 0 Å². The third kappa shape index (κ3) is 4.45. The molecule has 7 nitrogen and oxygen atoms in total. The minimum Gasteiger partial charge on any atom is -0.388 e. The maximum Gasteiger partial charge on any atom is 0.264 e. The van der Waals surface area contributed by atoms with Gasteiger partial charge >= 0.3 is 0 Å². The molecular formula is C20H20N4O3. The third-order valence-corrected chi connectivity index (χ3v) is 4.23. The van der Waals surface area contributed by atoms with Crippen molar-refractivity contribution >= 4 is 5.91 Å². The Hall–Kier alpha value is -3.32. The van der Waals surface area contributed by atoms with Crippen LogP contribution in [0.2, 0.25) is 0 Å². The van der Waals surface area contributed by atoms with E-state index in [9.17, 15) is 14.7 Å². The van der Waals surface area contributed by atoms with Gasteiger partial charge in [-0.05, 0) is 24.1 Å². The Kier molecular flexibility index (Phi) is 5.73. The van der Waals surface area contributed by atoms with E-state index in [0.29, 0.717) is 24.4 Å². The maximum atomic E-state index is 12.5. The Morgan fingerprint density at radius 1 is 1.19 bits per heavy atom. The number of amides is 1. The van der Waals surface area contributed by atoms with Crippen LogP contribution in [0.3, 0.4) is 0 Å². The molecule has 0 aliphatic rings. The SMILES string of the molecule is CN(CC[C@@H](O)c1ccccc1)C(=O)c1cnc(-c2cccnc2)[nH]c1=O. The van der Waals surface area contributed by atoms with Crippen LogP contribution in [0, 0.1) is 0 Å². The van der Waals surface area contributed by atoms with Gasteiger partial charge in [0.2, 0.25) is 0 Å². The van der Waals surface area contributed by atoms with Crippen molar-refractivity contribution in [2.75, 3.05) is 13.6 Å². The lowest BCUT2D eigenvalue weighted by atomic mass is 10.1. The first-order valence-electron chi connectivity index (χ1n) is 8.54. The van der Waals surface area contributed by atoms with Gasteiger partial charge in [0.25, 0.3) is 11.5 Å². The Balaban J connectivity index is 1.67. The number of aromatic amines is 1. The number of aliphatic hydroxyl groups is 1. The maximum absolute atomic E-state index is 12.5. The summed E-state index contributed by atoms with van der Waals surface area (Å²) in [5, 5.41) is 10.2. The van der Waals surface area contributed by atoms with Crippen LogP contribution in [0.4, 0.5) is 0 Å². The molecule has 0 spiro atoms. The number of nitrogens with one attached hydrogen (secondary N) is 1. The molecule has 1 aromatic carbocycles. The molecule has 2 heterocycles. The number of nitrogens with zero attached hydrogens (tertiary/aromatic N) is 3. The fraction of sp³-hybridized carbons (Fsp3) is 0.200. The summed E-state index contributed by atoms with van der Waals surface area (Å²) in [6.45, 7) is 0.304. The second-order valence-corrected chi connectivity index (χ2v) is 6.16. The molecule has 2 aromatic heterocycles. The molecule has 0 saturated carbocycles. The fourth-order valence-electron chi connectivity index (χ4n) is 2.66. The van der Waals surface area contributed by atoms with E-state index in [4.69, 9.17) is 0 Å². The van der Waals surface area contributed by atoms with Gasteiger partial charge in [0.1, 0.15) is 11.4 Å². The van der Waals surface area contributed by atoms with Gasteiger partial charge in [-0.2, -0.15) is 0 Å². The van der Waals surface area contributed by atoms with Crippen LogP contribution < -0.4 is 5.56 Å². The summed E-state index contributed by atoms with van der Waals surface area (Å²) in [5.41, 5.74) is 0.898. The summed E-state index contributed by atoms with van der Waals surface area (Å²) < 4.78 is 0. The van der Waals surface area contributed by atoms with Gasteiger partial charge < -0.3 is 15.0 Å². The molecule has 3 aromatic rings. The molecular weight excluding hydrogens is 344 g/mol. The van der Waals surface area contributed by atoms with Gasteiger partial charge in [-0.15, -0.1) is 0 Å². The molecule has 0 unspecified atom stereocenters. The molecule has 3 rings (SSSR count). The number of pyridine rings is 1. The van der Waals surface area contributed by atoms with E-state index in [1.807, 2.05) is 30.3 Å². The van der Waals surface area contributed by atoms with E-state index in [1.165, 1.54) is 11.1 Å². The largest absolute Gasteiger partial charge is 0.388 e. The number of hydrogen-bond acceptors (Lipinski definition) is 5. The van der Waals surface area contributed by atoms with E-state index in [-0.39, 0.29) is 5.56 Å². The molecule has 0 bridgehead atoms. The third-order valence-electron chi connectivity index (χ3n) is 4.23. The Morgan fingerprint density at radius 2 is 1.96 bits per heavy atom. The zero-order valence-electron chi connectivity index (χ0n) is 14.9. The molecule has 0 radical (unpaired) electrons. The van der Waals surface area contributed by atoms with Crippen molar-refractivity contribution in [3.63, 3.8) is 0 Å². The molecule has 27 heavy (non-hydrogen) atoms. The van der Waals surface area contributed by atoms with Crippen LogP contribution in [-0.4, -0.2) is 44.5 Å². The smallest absolute Gasteiger partial charge is 0.264 e. The number of hydrogen-bond donors (Lipinski definition) is 2. The van der Waals surface area contributed by atoms with Crippen LogP contribution in [-0.2, 0) is 0 Å². The van der Waals surface area contributed by atoms with Crippen molar-refractivity contribution in [2.24, 2.45) is 0 Å². The Bertz CT molecular complexity index is 958. The predicted molar refractivity (Wildman–Crippen MR) is 101 cm³/mol. The number of carbonyl (C=O) groups is 1. The molecule has 0 saturated heterocycles. The number of aromatic nitrogens is 3. The summed E-state index contributed by atoms with van der Waals surface area (Å²) in [7, 11) is 1.59. The summed E-state index contributed by atoms with van der Waals surface area (Å²) in [6.07, 6.45) is 4.17. The Labute approximate surface area is 156 Å². The zero-order chi connectivity index (χ0) is 19.2. The van der Waals surface area contributed by atoms with Crippen molar-refractivity contribution in [3.05, 3.63) is 82.5 Å². The predicted octanol–water partition coefficient (Wildman–Crippen LogP) is 2.03. The molecule has 1 amide bonds. The minimum absolute atomic E-state index is 0.0423. The molecule has 138 valence electrons. The van der Waals surface area contributed by atoms with Gasteiger partial charge in [-0.3, -0.25) is 14.6 Å². The summed E-state index contributed by atoms with van der Waals surface area (Å²) in [4.78, 5) is 37.0. The lowest BCUT2D eigenvalue weighted by Gasteiger charge is -2.19. The van der Waals surface area contributed by atoms with Crippen LogP contribution >= 0.6 is 0 Å². The summed E-state index contributed by atoms with van der Waals surface area (Å²) in [6, 6.07) is 12.7. The lowest BCUT2D eigenvalue weighted by Crippen LogP contribution is -2.33. The standard InChI is InChI=1S/C20H20N4O3/c1-24(11-9-17(25)14-6-3-2-4-7-14)20(27)16-13-22-18(23-19(16)26)15-8-5-10-21-12-15/h2-8,10,12-13,17,25H,9,11H2,1H3,(H,22,23,26)/t17-/m1/s1. The van der Waals surface area contributed by atoms with Crippen molar-refractivity contribution in [3.8, 4) is 11.4 Å². The number of H-pyrrole nitrogens is 1. The molecule has 0 aliphatic heterocycles. The summed E-state index contributed by atoms with van der Waals surface area (Å²) in [5.74, 6) is -0.0893. The highest BCUT2D eigenvalue weighted by Crippen LogP contribution is 2.16. The Morgan fingerprint density at radius 3 is 2.63 bits per heavy atom. The first kappa shape index (κ1) is 18.5. The zero-order valence-corrected chi connectivity index (χ0v) is 14.9.